The maximum absolute atomic E-state index is 2.56. The van der Waals surface area contributed by atoms with E-state index >= 15 is 0 Å². The predicted octanol–water partition coefficient (Wildman–Crippen LogP) is -0.842. The fourth-order valence-corrected chi connectivity index (χ4v) is 32.9. The summed E-state index contributed by atoms with van der Waals surface area (Å²) in [4.78, 5) is 0. The zero-order valence-electron chi connectivity index (χ0n) is 19.3. The van der Waals surface area contributed by atoms with Gasteiger partial charge in [-0.15, -0.1) is 0 Å². The molecule has 0 aromatic heterocycles. The molecule has 4 aromatic rings. The molecule has 0 nitrogen and oxygen atoms in total. The van der Waals surface area contributed by atoms with Crippen LogP contribution < -0.4 is 38.5 Å². The molecule has 3 aliphatic rings. The Morgan fingerprint density at radius 1 is 0.794 bits per heavy atom. The van der Waals surface area contributed by atoms with Crippen LogP contribution >= 0.6 is 0 Å². The maximum atomic E-state index is 2.56. The van der Waals surface area contributed by atoms with Crippen LogP contribution in [0.3, 0.4) is 0 Å². The Kier molecular flexibility index (Phi) is 6.40. The molecule has 2 unspecified atom stereocenters. The Bertz CT molecular complexity index is 1440. The second kappa shape index (κ2) is 9.07. The van der Waals surface area contributed by atoms with Gasteiger partial charge in [0.2, 0.25) is 0 Å². The number of allylic oxidation sites excluding steroid dienone is 1. The number of hydrogen-bond acceptors (Lipinski definition) is 0. The molecule has 4 aromatic carbocycles. The van der Waals surface area contributed by atoms with Crippen LogP contribution in [0.25, 0.3) is 28.3 Å². The van der Waals surface area contributed by atoms with Gasteiger partial charge in [0.15, 0.2) is 0 Å². The van der Waals surface area contributed by atoms with Gasteiger partial charge in [0.05, 0.1) is 0 Å². The molecule has 0 spiro atoms. The van der Waals surface area contributed by atoms with Gasteiger partial charge < -0.3 is 24.8 Å². The third-order valence-electron chi connectivity index (χ3n) is 7.84. The quantitative estimate of drug-likeness (QED) is 0.280. The smallest absolute Gasteiger partial charge is 1.00 e. The van der Waals surface area contributed by atoms with Gasteiger partial charge in [-0.05, 0) is 0 Å². The van der Waals surface area contributed by atoms with Gasteiger partial charge in [-0.3, -0.25) is 0 Å². The van der Waals surface area contributed by atoms with E-state index < -0.39 is 26.8 Å². The van der Waals surface area contributed by atoms with E-state index in [0.29, 0.717) is 3.63 Å². The van der Waals surface area contributed by atoms with Crippen LogP contribution in [0.1, 0.15) is 34.2 Å². The first-order valence-electron chi connectivity index (χ1n) is 11.8. The van der Waals surface area contributed by atoms with E-state index in [4.69, 9.17) is 0 Å². The van der Waals surface area contributed by atoms with Gasteiger partial charge in [-0.25, -0.2) is 0 Å². The average Bonchev–Trinajstić information content (AvgIpc) is 3.32. The minimum Gasteiger partial charge on any atom is -1.00 e. The molecule has 4 heteroatoms. The third kappa shape index (κ3) is 3.19. The van der Waals surface area contributed by atoms with Crippen molar-refractivity contribution in [1.29, 1.82) is 0 Å². The first-order valence-corrected chi connectivity index (χ1v) is 20.4. The van der Waals surface area contributed by atoms with E-state index in [1.807, 2.05) is 8.46 Å². The molecule has 2 heterocycles. The first-order chi connectivity index (χ1) is 15.8. The minimum atomic E-state index is -1.86. The summed E-state index contributed by atoms with van der Waals surface area (Å²) in [5.74, 6) is -1.00. The van der Waals surface area contributed by atoms with Crippen molar-refractivity contribution in [3.05, 3.63) is 107 Å². The summed E-state index contributed by atoms with van der Waals surface area (Å²) < 4.78 is 2.54. The molecule has 7 rings (SSSR count). The van der Waals surface area contributed by atoms with Crippen LogP contribution in [0.2, 0.25) is 0 Å². The predicted molar refractivity (Wildman–Crippen MR) is 136 cm³/mol. The molecule has 0 N–H and O–H groups in total. The summed E-state index contributed by atoms with van der Waals surface area (Å²) in [5, 5.41) is 3.57. The van der Waals surface area contributed by atoms with Crippen LogP contribution in [0.5, 0.6) is 0 Å². The van der Waals surface area contributed by atoms with Gasteiger partial charge in [-0.1, -0.05) is 0 Å². The number of aryl methyl sites for hydroxylation is 1. The first kappa shape index (κ1) is 24.0. The molecule has 0 radical (unpaired) electrons. The summed E-state index contributed by atoms with van der Waals surface area (Å²) in [5.41, 5.74) is 12.3. The Morgan fingerprint density at radius 2 is 1.53 bits per heavy atom. The fraction of sp³-hybridized carbons (Fsp3) is 0.133. The molecular weight excluding hydrogens is 551 g/mol. The van der Waals surface area contributed by atoms with Crippen molar-refractivity contribution in [2.45, 2.75) is 23.9 Å². The zero-order chi connectivity index (χ0) is 21.4. The van der Waals surface area contributed by atoms with Crippen molar-refractivity contribution in [2.24, 2.45) is 0 Å². The van der Waals surface area contributed by atoms with Crippen molar-refractivity contribution in [3.63, 3.8) is 0 Å². The Labute approximate surface area is 223 Å². The molecular formula is C30H25Cl2SiZr. The molecule has 2 atom stereocenters. The molecule has 0 amide bonds. The molecule has 1 aliphatic carbocycles. The summed E-state index contributed by atoms with van der Waals surface area (Å²) >= 11 is -1.86. The van der Waals surface area contributed by atoms with Crippen molar-refractivity contribution in [1.82, 2.24) is 0 Å². The van der Waals surface area contributed by atoms with Crippen LogP contribution in [0.15, 0.2) is 90.5 Å². The monoisotopic (exact) mass is 573 g/mol. The number of fused-ring (bicyclic) bond motifs is 4. The molecule has 2 aliphatic heterocycles. The van der Waals surface area contributed by atoms with E-state index in [1.54, 1.807) is 27.5 Å². The number of benzene rings is 4. The number of rotatable bonds is 3. The maximum Gasteiger partial charge on any atom is -1.00 e. The topological polar surface area (TPSA) is 0 Å². The molecule has 0 saturated heterocycles. The number of halogens is 2. The van der Waals surface area contributed by atoms with Gasteiger partial charge in [0.1, 0.15) is 0 Å². The average molecular weight is 576 g/mol. The molecule has 0 saturated carbocycles. The van der Waals surface area contributed by atoms with Crippen LogP contribution in [-0.2, 0) is 27.3 Å². The van der Waals surface area contributed by atoms with E-state index in [9.17, 15) is 0 Å². The summed E-state index contributed by atoms with van der Waals surface area (Å²) in [6, 6.07) is 32.6. The van der Waals surface area contributed by atoms with E-state index in [1.165, 1.54) is 22.3 Å². The van der Waals surface area contributed by atoms with Gasteiger partial charge >= 0.3 is 200 Å². The normalized spacial score (nSPS) is 18.1. The summed E-state index contributed by atoms with van der Waals surface area (Å²) in [6.45, 7) is 4.72. The van der Waals surface area contributed by atoms with Crippen molar-refractivity contribution in [2.75, 3.05) is 0 Å². The fourth-order valence-electron chi connectivity index (χ4n) is 6.53. The van der Waals surface area contributed by atoms with Gasteiger partial charge in [0, 0.05) is 0 Å². The van der Waals surface area contributed by atoms with E-state index in [2.05, 4.69) is 105 Å². The minimum absolute atomic E-state index is 0. The Hall–Kier alpha value is -1.70. The van der Waals surface area contributed by atoms with Gasteiger partial charge in [0.25, 0.3) is 0 Å². The second-order valence-electron chi connectivity index (χ2n) is 9.39. The zero-order valence-corrected chi connectivity index (χ0v) is 24.4. The molecule has 167 valence electrons. The molecule has 0 bridgehead atoms. The van der Waals surface area contributed by atoms with Crippen LogP contribution in [0, 0.1) is 0 Å². The van der Waals surface area contributed by atoms with Gasteiger partial charge in [-0.2, -0.15) is 0 Å². The molecule has 34 heavy (non-hydrogen) atoms. The SMILES string of the molecule is CCc1ccc2c(c1-c1ccccc1)C=C(C)[CH]2[Zr+2]1[c]2cccc3c2[SiH]1c1ccccc1-3.[Cl-].[Cl-]. The second-order valence-corrected chi connectivity index (χ2v) is 24.4. The standard InChI is InChI=1S/C18H17.C12H8Si.2ClH.Zr/c1-3-14-9-10-16-11-13(2)12-17(16)18(14)15-7-5-4-6-8-15;1-3-7-11-9(5-1)10-6-2-4-8-12(10)13-11;;;/h4-12H,3H2,1-2H3;1-7,13H;2*1H;/q;;;;+2/p-2. The van der Waals surface area contributed by atoms with Crippen molar-refractivity contribution < 1.29 is 45.7 Å². The molecule has 0 fully saturated rings. The van der Waals surface area contributed by atoms with E-state index in [-0.39, 0.29) is 24.8 Å². The van der Waals surface area contributed by atoms with Crippen molar-refractivity contribution in [3.8, 4) is 22.3 Å². The third-order valence-corrected chi connectivity index (χ3v) is 30.3. The van der Waals surface area contributed by atoms with E-state index in [0.717, 1.165) is 6.42 Å². The Balaban J connectivity index is 0.00000120. The van der Waals surface area contributed by atoms with Crippen molar-refractivity contribution >= 4 is 25.6 Å². The summed E-state index contributed by atoms with van der Waals surface area (Å²) in [6.07, 6.45) is 3.64. The van der Waals surface area contributed by atoms with Crippen LogP contribution in [0.4, 0.5) is 0 Å². The van der Waals surface area contributed by atoms with Crippen LogP contribution in [-0.4, -0.2) is 5.92 Å². The number of hydrogen-bond donors (Lipinski definition) is 0. The summed E-state index contributed by atoms with van der Waals surface area (Å²) in [7, 11) is 0. The Morgan fingerprint density at radius 3 is 2.32 bits per heavy atom. The largest absolute Gasteiger partial charge is 1.00 e.